The number of hydrogen-bond donors (Lipinski definition) is 2. The number of piperidine rings is 1. The molecule has 0 saturated carbocycles. The Morgan fingerprint density at radius 3 is 2.28 bits per heavy atom. The highest BCUT2D eigenvalue weighted by molar-refractivity contribution is 6.42. The Hall–Kier alpha value is -2.71. The number of carboxylic acid groups (broad SMARTS) is 1. The lowest BCUT2D eigenvalue weighted by molar-refractivity contribution is -0.137. The van der Waals surface area contributed by atoms with E-state index < -0.39 is 17.8 Å². The van der Waals surface area contributed by atoms with Gasteiger partial charge in [-0.15, -0.1) is 0 Å². The quantitative estimate of drug-likeness (QED) is 0.355. The van der Waals surface area contributed by atoms with Crippen molar-refractivity contribution in [2.75, 3.05) is 18.0 Å². The van der Waals surface area contributed by atoms with Crippen LogP contribution >= 0.6 is 23.2 Å². The number of alkyl halides is 2. The number of H-pyrrole nitrogens is 1. The van der Waals surface area contributed by atoms with Crippen LogP contribution in [0.5, 0.6) is 0 Å². The third kappa shape index (κ3) is 7.17. The number of benzene rings is 2. The highest BCUT2D eigenvalue weighted by Crippen LogP contribution is 2.42. The summed E-state index contributed by atoms with van der Waals surface area (Å²) in [4.78, 5) is 29.0. The van der Waals surface area contributed by atoms with Gasteiger partial charge in [-0.2, -0.15) is 0 Å². The zero-order chi connectivity index (χ0) is 27.0. The number of anilines is 1. The molecule has 3 aromatic rings. The average molecular weight is 542 g/mol. The SMILES string of the molecule is C=O.CCC.Cc1ccc(C(CC(=O)O)c2nc3c(Cl)c(N4CCC(F)(F)CC4)c(Cl)cc3[nH]2)cc1. The van der Waals surface area contributed by atoms with Gasteiger partial charge in [0.1, 0.15) is 18.1 Å². The van der Waals surface area contributed by atoms with E-state index in [-0.39, 0.29) is 37.4 Å². The van der Waals surface area contributed by atoms with E-state index >= 15 is 0 Å². The number of carbonyl (C=O) groups excluding carboxylic acids is 1. The summed E-state index contributed by atoms with van der Waals surface area (Å²) in [5, 5.41) is 10.0. The standard InChI is InChI=1S/C22H21Cl2F2N3O2.C3H8.CH2O/c1-12-2-4-13(5-3-12)14(10-17(30)31)21-27-16-11-15(23)20(18(24)19(16)28-21)29-8-6-22(25,26)7-9-29;1-3-2;1-2/h2-5,11,14H,6-10H2,1H3,(H,27,28)(H,30,31);3H2,1-2H3;1H2. The molecule has 1 atom stereocenters. The Morgan fingerprint density at radius 1 is 1.19 bits per heavy atom. The molecule has 4 rings (SSSR count). The monoisotopic (exact) mass is 541 g/mol. The molecule has 0 aliphatic carbocycles. The lowest BCUT2D eigenvalue weighted by Gasteiger charge is -2.34. The van der Waals surface area contributed by atoms with Crippen LogP contribution in [0.1, 0.15) is 62.4 Å². The number of aromatic amines is 1. The van der Waals surface area contributed by atoms with E-state index in [1.807, 2.05) is 38.0 Å². The van der Waals surface area contributed by atoms with Gasteiger partial charge in [0.25, 0.3) is 5.92 Å². The Labute approximate surface area is 219 Å². The Kier molecular flexibility index (Phi) is 10.7. The van der Waals surface area contributed by atoms with Gasteiger partial charge in [0.2, 0.25) is 0 Å². The Balaban J connectivity index is 0.000000850. The first kappa shape index (κ1) is 29.5. The maximum Gasteiger partial charge on any atom is 0.304 e. The van der Waals surface area contributed by atoms with Crippen molar-refractivity contribution in [3.8, 4) is 0 Å². The summed E-state index contributed by atoms with van der Waals surface area (Å²) < 4.78 is 27.1. The molecule has 0 radical (unpaired) electrons. The minimum Gasteiger partial charge on any atom is -0.481 e. The Bertz CT molecular complexity index is 1160. The number of carboxylic acids is 1. The summed E-state index contributed by atoms with van der Waals surface area (Å²) in [7, 11) is 0. The molecule has 1 aliphatic rings. The van der Waals surface area contributed by atoms with Gasteiger partial charge in [-0.05, 0) is 18.6 Å². The number of nitrogens with zero attached hydrogens (tertiary/aromatic N) is 2. The summed E-state index contributed by atoms with van der Waals surface area (Å²) in [6.45, 7) is 8.48. The summed E-state index contributed by atoms with van der Waals surface area (Å²) >= 11 is 13.1. The van der Waals surface area contributed by atoms with E-state index in [2.05, 4.69) is 23.8 Å². The van der Waals surface area contributed by atoms with Gasteiger partial charge in [0, 0.05) is 25.9 Å². The number of rotatable bonds is 5. The fraction of sp³-hybridized carbons (Fsp3) is 0.423. The number of nitrogens with one attached hydrogen (secondary N) is 1. The summed E-state index contributed by atoms with van der Waals surface area (Å²) in [5.74, 6) is -3.68. The predicted octanol–water partition coefficient (Wildman–Crippen LogP) is 7.25. The number of hydrogen-bond acceptors (Lipinski definition) is 4. The van der Waals surface area contributed by atoms with Crippen LogP contribution in [0.3, 0.4) is 0 Å². The van der Waals surface area contributed by atoms with E-state index in [0.717, 1.165) is 11.1 Å². The second kappa shape index (κ2) is 13.0. The first-order valence-electron chi connectivity index (χ1n) is 11.6. The van der Waals surface area contributed by atoms with Crippen molar-refractivity contribution >= 4 is 52.7 Å². The van der Waals surface area contributed by atoms with E-state index in [4.69, 9.17) is 28.0 Å². The predicted molar refractivity (Wildman–Crippen MR) is 141 cm³/mol. The van der Waals surface area contributed by atoms with Gasteiger partial charge < -0.3 is 19.8 Å². The van der Waals surface area contributed by atoms with Crippen LogP contribution in [-0.2, 0) is 9.59 Å². The van der Waals surface area contributed by atoms with Gasteiger partial charge in [-0.1, -0.05) is 73.3 Å². The molecule has 2 heterocycles. The van der Waals surface area contributed by atoms with Crippen molar-refractivity contribution in [2.24, 2.45) is 0 Å². The maximum absolute atomic E-state index is 13.6. The highest BCUT2D eigenvalue weighted by atomic mass is 35.5. The molecule has 1 aromatic heterocycles. The maximum atomic E-state index is 13.6. The fourth-order valence-corrected chi connectivity index (χ4v) is 4.68. The smallest absolute Gasteiger partial charge is 0.304 e. The molecule has 36 heavy (non-hydrogen) atoms. The third-order valence-electron chi connectivity index (χ3n) is 5.66. The lowest BCUT2D eigenvalue weighted by atomic mass is 9.94. The second-order valence-corrected chi connectivity index (χ2v) is 9.44. The molecule has 0 amide bonds. The van der Waals surface area contributed by atoms with Crippen LogP contribution in [0.15, 0.2) is 30.3 Å². The fourth-order valence-electron chi connectivity index (χ4n) is 3.95. The van der Waals surface area contributed by atoms with Gasteiger partial charge in [-0.25, -0.2) is 13.8 Å². The van der Waals surface area contributed by atoms with Crippen LogP contribution in [0.2, 0.25) is 10.0 Å². The lowest BCUT2D eigenvalue weighted by Crippen LogP contribution is -2.39. The van der Waals surface area contributed by atoms with Gasteiger partial charge in [-0.3, -0.25) is 4.79 Å². The number of aliphatic carboxylic acids is 1. The topological polar surface area (TPSA) is 86.3 Å². The number of fused-ring (bicyclic) bond motifs is 1. The van der Waals surface area contributed by atoms with E-state index in [9.17, 15) is 18.7 Å². The Morgan fingerprint density at radius 2 is 1.75 bits per heavy atom. The summed E-state index contributed by atoms with van der Waals surface area (Å²) in [6.07, 6.45) is 0.567. The van der Waals surface area contributed by atoms with Crippen LogP contribution in [-0.4, -0.2) is 46.8 Å². The largest absolute Gasteiger partial charge is 0.481 e. The molecule has 10 heteroatoms. The van der Waals surface area contributed by atoms with Gasteiger partial charge in [0.15, 0.2) is 0 Å². The molecular weight excluding hydrogens is 511 g/mol. The van der Waals surface area contributed by atoms with Crippen molar-refractivity contribution in [1.82, 2.24) is 9.97 Å². The molecule has 2 N–H and O–H groups in total. The number of aryl methyl sites for hydroxylation is 1. The molecule has 6 nitrogen and oxygen atoms in total. The molecule has 1 fully saturated rings. The van der Waals surface area contributed by atoms with Crippen LogP contribution in [0.25, 0.3) is 11.0 Å². The molecular formula is C26H31Cl2F2N3O3. The van der Waals surface area contributed by atoms with Crippen molar-refractivity contribution < 1.29 is 23.5 Å². The van der Waals surface area contributed by atoms with Gasteiger partial charge >= 0.3 is 5.97 Å². The van der Waals surface area contributed by atoms with Crippen molar-refractivity contribution in [3.63, 3.8) is 0 Å². The first-order chi connectivity index (χ1) is 17.1. The molecule has 2 aromatic carbocycles. The van der Waals surface area contributed by atoms with Crippen LogP contribution in [0.4, 0.5) is 14.5 Å². The average Bonchev–Trinajstić information content (AvgIpc) is 3.25. The number of imidazole rings is 1. The normalized spacial score (nSPS) is 15.4. The van der Waals surface area contributed by atoms with Crippen LogP contribution in [0, 0.1) is 6.92 Å². The summed E-state index contributed by atoms with van der Waals surface area (Å²) in [6, 6.07) is 9.25. The van der Waals surface area contributed by atoms with Crippen molar-refractivity contribution in [1.29, 1.82) is 0 Å². The number of halogens is 4. The van der Waals surface area contributed by atoms with E-state index in [1.54, 1.807) is 11.0 Å². The first-order valence-corrected chi connectivity index (χ1v) is 12.4. The van der Waals surface area contributed by atoms with Crippen molar-refractivity contribution in [3.05, 3.63) is 57.3 Å². The molecule has 1 unspecified atom stereocenters. The second-order valence-electron chi connectivity index (χ2n) is 8.65. The van der Waals surface area contributed by atoms with Crippen LogP contribution < -0.4 is 4.90 Å². The number of carbonyl (C=O) groups is 2. The molecule has 1 saturated heterocycles. The molecule has 0 spiro atoms. The minimum absolute atomic E-state index is 0.139. The minimum atomic E-state index is -2.68. The zero-order valence-electron chi connectivity index (χ0n) is 20.6. The van der Waals surface area contributed by atoms with E-state index in [0.29, 0.717) is 27.6 Å². The third-order valence-corrected chi connectivity index (χ3v) is 6.31. The molecule has 1 aliphatic heterocycles. The molecule has 0 bridgehead atoms. The van der Waals surface area contributed by atoms with Gasteiger partial charge in [0.05, 0.1) is 33.6 Å². The molecule has 196 valence electrons. The van der Waals surface area contributed by atoms with E-state index in [1.165, 1.54) is 6.42 Å². The number of aromatic nitrogens is 2. The zero-order valence-corrected chi connectivity index (χ0v) is 22.1. The summed E-state index contributed by atoms with van der Waals surface area (Å²) in [5.41, 5.74) is 3.37. The van der Waals surface area contributed by atoms with Crippen molar-refractivity contribution in [2.45, 2.75) is 58.3 Å². The highest BCUT2D eigenvalue weighted by Gasteiger charge is 2.35.